The van der Waals surface area contributed by atoms with Crippen molar-refractivity contribution in [2.75, 3.05) is 12.8 Å². The number of methoxy groups -OCH3 is 1. The summed E-state index contributed by atoms with van der Waals surface area (Å²) < 4.78 is 31.7. The maximum absolute atomic E-state index is 12.1. The molecule has 0 spiro atoms. The van der Waals surface area contributed by atoms with Crippen LogP contribution in [-0.4, -0.2) is 21.6 Å². The predicted molar refractivity (Wildman–Crippen MR) is 75.3 cm³/mol. The summed E-state index contributed by atoms with van der Waals surface area (Å²) in [6.45, 7) is 1.93. The molecule has 6 heteroatoms. The number of benzene rings is 1. The second-order valence-electron chi connectivity index (χ2n) is 4.03. The Balaban J connectivity index is 3.01. The molecule has 104 valence electrons. The summed E-state index contributed by atoms with van der Waals surface area (Å²) in [7, 11) is -2.20. The first-order valence-corrected chi connectivity index (χ1v) is 7.35. The average molecular weight is 282 g/mol. The Labute approximate surface area is 114 Å². The average Bonchev–Trinajstić information content (AvgIpc) is 2.37. The number of terminal acetylenes is 1. The van der Waals surface area contributed by atoms with Crippen LogP contribution in [0.3, 0.4) is 0 Å². The van der Waals surface area contributed by atoms with E-state index in [1.807, 2.05) is 6.92 Å². The number of rotatable bonds is 6. The van der Waals surface area contributed by atoms with E-state index < -0.39 is 16.1 Å². The Morgan fingerprint density at radius 1 is 1.53 bits per heavy atom. The molecule has 0 aromatic heterocycles. The van der Waals surface area contributed by atoms with Crippen LogP contribution in [0.2, 0.25) is 0 Å². The van der Waals surface area contributed by atoms with E-state index in [0.717, 1.165) is 6.42 Å². The zero-order chi connectivity index (χ0) is 14.5. The van der Waals surface area contributed by atoms with Crippen LogP contribution in [0.25, 0.3) is 0 Å². The maximum Gasteiger partial charge on any atom is 0.241 e. The van der Waals surface area contributed by atoms with Gasteiger partial charge in [-0.1, -0.05) is 19.3 Å². The van der Waals surface area contributed by atoms with Gasteiger partial charge in [-0.3, -0.25) is 0 Å². The minimum atomic E-state index is -3.67. The molecule has 0 heterocycles. The van der Waals surface area contributed by atoms with Crippen molar-refractivity contribution < 1.29 is 13.2 Å². The van der Waals surface area contributed by atoms with Crippen molar-refractivity contribution in [2.45, 2.75) is 30.7 Å². The fourth-order valence-corrected chi connectivity index (χ4v) is 2.83. The predicted octanol–water partition coefficient (Wildman–Crippen LogP) is 1.36. The molecule has 0 saturated carbocycles. The van der Waals surface area contributed by atoms with Gasteiger partial charge in [0, 0.05) is 0 Å². The van der Waals surface area contributed by atoms with E-state index in [0.29, 0.717) is 12.2 Å². The van der Waals surface area contributed by atoms with E-state index >= 15 is 0 Å². The van der Waals surface area contributed by atoms with Crippen molar-refractivity contribution in [1.82, 2.24) is 4.72 Å². The SMILES string of the molecule is C#CC(CCC)NS(=O)(=O)c1ccc(OC)c(N)c1. The highest BCUT2D eigenvalue weighted by atomic mass is 32.2. The minimum Gasteiger partial charge on any atom is -0.495 e. The molecule has 0 bridgehead atoms. The van der Waals surface area contributed by atoms with E-state index in [-0.39, 0.29) is 10.6 Å². The number of sulfonamides is 1. The molecule has 0 aliphatic carbocycles. The summed E-state index contributed by atoms with van der Waals surface area (Å²) >= 11 is 0. The molecule has 5 nitrogen and oxygen atoms in total. The Morgan fingerprint density at radius 3 is 2.68 bits per heavy atom. The van der Waals surface area contributed by atoms with Gasteiger partial charge >= 0.3 is 0 Å². The highest BCUT2D eigenvalue weighted by molar-refractivity contribution is 7.89. The molecule has 1 rings (SSSR count). The quantitative estimate of drug-likeness (QED) is 0.609. The third kappa shape index (κ3) is 3.88. The summed E-state index contributed by atoms with van der Waals surface area (Å²) in [6, 6.07) is 3.77. The highest BCUT2D eigenvalue weighted by Gasteiger charge is 2.19. The zero-order valence-electron chi connectivity index (χ0n) is 11.0. The summed E-state index contributed by atoms with van der Waals surface area (Å²) in [5.41, 5.74) is 5.96. The van der Waals surface area contributed by atoms with Gasteiger partial charge in [-0.05, 0) is 24.6 Å². The van der Waals surface area contributed by atoms with E-state index in [1.165, 1.54) is 25.3 Å². The van der Waals surface area contributed by atoms with Gasteiger partial charge in [0.1, 0.15) is 5.75 Å². The van der Waals surface area contributed by atoms with E-state index in [9.17, 15) is 8.42 Å². The molecule has 0 radical (unpaired) electrons. The Hall–Kier alpha value is -1.71. The number of hydrogen-bond donors (Lipinski definition) is 2. The van der Waals surface area contributed by atoms with Crippen LogP contribution in [0, 0.1) is 12.3 Å². The van der Waals surface area contributed by atoms with E-state index in [1.54, 1.807) is 0 Å². The molecule has 1 unspecified atom stereocenters. The third-order valence-corrected chi connectivity index (χ3v) is 4.06. The van der Waals surface area contributed by atoms with Crippen molar-refractivity contribution in [3.63, 3.8) is 0 Å². The van der Waals surface area contributed by atoms with Gasteiger partial charge in [0.2, 0.25) is 10.0 Å². The van der Waals surface area contributed by atoms with Gasteiger partial charge in [0.25, 0.3) is 0 Å². The van der Waals surface area contributed by atoms with Crippen molar-refractivity contribution >= 4 is 15.7 Å². The summed E-state index contributed by atoms with van der Waals surface area (Å²) in [6.07, 6.45) is 6.68. The van der Waals surface area contributed by atoms with Crippen molar-refractivity contribution in [3.8, 4) is 18.1 Å². The van der Waals surface area contributed by atoms with Crippen molar-refractivity contribution in [3.05, 3.63) is 18.2 Å². The van der Waals surface area contributed by atoms with Crippen LogP contribution < -0.4 is 15.2 Å². The second-order valence-corrected chi connectivity index (χ2v) is 5.75. The number of nitrogen functional groups attached to an aromatic ring is 1. The first-order valence-electron chi connectivity index (χ1n) is 5.86. The normalized spacial score (nSPS) is 12.7. The lowest BCUT2D eigenvalue weighted by atomic mass is 10.2. The fraction of sp³-hybridized carbons (Fsp3) is 0.385. The molecule has 19 heavy (non-hydrogen) atoms. The van der Waals surface area contributed by atoms with Gasteiger partial charge in [0.15, 0.2) is 0 Å². The first-order chi connectivity index (χ1) is 8.94. The minimum absolute atomic E-state index is 0.0714. The third-order valence-electron chi connectivity index (χ3n) is 2.59. The summed E-state index contributed by atoms with van der Waals surface area (Å²) in [5, 5.41) is 0. The summed E-state index contributed by atoms with van der Waals surface area (Å²) in [4.78, 5) is 0.0714. The van der Waals surface area contributed by atoms with Gasteiger partial charge in [-0.2, -0.15) is 4.72 Å². The van der Waals surface area contributed by atoms with E-state index in [2.05, 4.69) is 10.6 Å². The molecule has 1 aromatic rings. The number of nitrogens with one attached hydrogen (secondary N) is 1. The monoisotopic (exact) mass is 282 g/mol. The van der Waals surface area contributed by atoms with Gasteiger partial charge in [-0.25, -0.2) is 8.42 Å². The van der Waals surface area contributed by atoms with Crippen LogP contribution in [0.4, 0.5) is 5.69 Å². The lowest BCUT2D eigenvalue weighted by Gasteiger charge is -2.13. The highest BCUT2D eigenvalue weighted by Crippen LogP contribution is 2.24. The van der Waals surface area contributed by atoms with Gasteiger partial charge in [0.05, 0.1) is 23.7 Å². The molecule has 0 saturated heterocycles. The molecule has 1 aromatic carbocycles. The van der Waals surface area contributed by atoms with Crippen molar-refractivity contribution in [1.29, 1.82) is 0 Å². The molecule has 3 N–H and O–H groups in total. The molecule has 0 fully saturated rings. The van der Waals surface area contributed by atoms with Crippen LogP contribution in [0.15, 0.2) is 23.1 Å². The molecule has 0 aliphatic heterocycles. The number of nitrogens with two attached hydrogens (primary N) is 1. The van der Waals surface area contributed by atoms with E-state index in [4.69, 9.17) is 16.9 Å². The Morgan fingerprint density at radius 2 is 2.21 bits per heavy atom. The van der Waals surface area contributed by atoms with Gasteiger partial charge < -0.3 is 10.5 Å². The van der Waals surface area contributed by atoms with Crippen molar-refractivity contribution in [2.24, 2.45) is 0 Å². The van der Waals surface area contributed by atoms with Crippen LogP contribution in [-0.2, 0) is 10.0 Å². The van der Waals surface area contributed by atoms with Gasteiger partial charge in [-0.15, -0.1) is 6.42 Å². The topological polar surface area (TPSA) is 81.4 Å². The Bertz CT molecular complexity index is 576. The number of ether oxygens (including phenoxy) is 1. The fourth-order valence-electron chi connectivity index (χ4n) is 1.60. The maximum atomic E-state index is 12.1. The first kappa shape index (κ1) is 15.3. The Kier molecular flexibility index (Phi) is 5.21. The van der Waals surface area contributed by atoms with Crippen LogP contribution >= 0.6 is 0 Å². The second kappa shape index (κ2) is 6.45. The number of anilines is 1. The number of hydrogen-bond acceptors (Lipinski definition) is 4. The molecule has 1 atom stereocenters. The molecular formula is C13H18N2O3S. The molecule has 0 aliphatic rings. The zero-order valence-corrected chi connectivity index (χ0v) is 11.8. The summed E-state index contributed by atoms with van der Waals surface area (Å²) in [5.74, 6) is 2.85. The molecule has 0 amide bonds. The lowest BCUT2D eigenvalue weighted by Crippen LogP contribution is -2.33. The van der Waals surface area contributed by atoms with Crippen LogP contribution in [0.1, 0.15) is 19.8 Å². The standard InChI is InChI=1S/C13H18N2O3S/c1-4-6-10(5-2)15-19(16,17)11-7-8-13(18-3)12(14)9-11/h2,7-10,15H,4,6,14H2,1,3H3. The lowest BCUT2D eigenvalue weighted by molar-refractivity contribution is 0.416. The van der Waals surface area contributed by atoms with Crippen LogP contribution in [0.5, 0.6) is 5.75 Å². The molecular weight excluding hydrogens is 264 g/mol. The smallest absolute Gasteiger partial charge is 0.241 e. The largest absolute Gasteiger partial charge is 0.495 e.